The van der Waals surface area contributed by atoms with Gasteiger partial charge in [0.05, 0.1) is 23.9 Å². The van der Waals surface area contributed by atoms with Crippen LogP contribution in [0.1, 0.15) is 39.4 Å². The van der Waals surface area contributed by atoms with Gasteiger partial charge >= 0.3 is 7.12 Å². The Morgan fingerprint density at radius 3 is 2.45 bits per heavy atom. The molecular formula is C17H26BNO3. The molecule has 0 N–H and O–H groups in total. The van der Waals surface area contributed by atoms with Crippen LogP contribution in [0.15, 0.2) is 24.3 Å². The summed E-state index contributed by atoms with van der Waals surface area (Å²) < 4.78 is 18.2. The second-order valence-corrected chi connectivity index (χ2v) is 7.38. The maximum Gasteiger partial charge on any atom is 0.494 e. The van der Waals surface area contributed by atoms with Gasteiger partial charge < -0.3 is 18.9 Å². The molecule has 2 fully saturated rings. The number of morpholine rings is 1. The average Bonchev–Trinajstić information content (AvgIpc) is 2.68. The highest BCUT2D eigenvalue weighted by Gasteiger charge is 2.51. The molecule has 1 atom stereocenters. The van der Waals surface area contributed by atoms with Crippen molar-refractivity contribution in [2.24, 2.45) is 0 Å². The zero-order chi connectivity index (χ0) is 16.0. The Labute approximate surface area is 133 Å². The fourth-order valence-corrected chi connectivity index (χ4v) is 2.86. The predicted octanol–water partition coefficient (Wildman–Crippen LogP) is 1.99. The van der Waals surface area contributed by atoms with Crippen molar-refractivity contribution in [3.05, 3.63) is 29.8 Å². The van der Waals surface area contributed by atoms with Gasteiger partial charge in [-0.3, -0.25) is 0 Å². The van der Waals surface area contributed by atoms with E-state index in [1.54, 1.807) is 0 Å². The van der Waals surface area contributed by atoms with Gasteiger partial charge in [0.2, 0.25) is 0 Å². The van der Waals surface area contributed by atoms with Crippen LogP contribution in [0, 0.1) is 0 Å². The van der Waals surface area contributed by atoms with Crippen molar-refractivity contribution in [2.45, 2.75) is 45.0 Å². The van der Waals surface area contributed by atoms with Crippen molar-refractivity contribution >= 4 is 12.6 Å². The highest BCUT2D eigenvalue weighted by molar-refractivity contribution is 6.62. The minimum absolute atomic E-state index is 0.126. The molecule has 2 heterocycles. The average molecular weight is 303 g/mol. The maximum atomic E-state index is 6.14. The van der Waals surface area contributed by atoms with E-state index >= 15 is 0 Å². The van der Waals surface area contributed by atoms with Gasteiger partial charge in [0.25, 0.3) is 0 Å². The fraction of sp³-hybridized carbons (Fsp3) is 0.647. The molecule has 1 unspecified atom stereocenters. The normalized spacial score (nSPS) is 28.0. The molecule has 120 valence electrons. The first-order chi connectivity index (χ1) is 10.3. The first-order valence-electron chi connectivity index (χ1n) is 8.04. The number of rotatable bonds is 2. The second-order valence-electron chi connectivity index (χ2n) is 7.38. The summed E-state index contributed by atoms with van der Waals surface area (Å²) in [6.45, 7) is 11.0. The van der Waals surface area contributed by atoms with Crippen LogP contribution in [0.4, 0.5) is 0 Å². The van der Waals surface area contributed by atoms with Gasteiger partial charge in [-0.2, -0.15) is 0 Å². The first kappa shape index (κ1) is 16.0. The topological polar surface area (TPSA) is 30.9 Å². The standard InChI is InChI=1S/C17H26BNO3/c1-16(2)17(3,4)22-18(21-16)14-8-6-7-13(11-14)15-12-19(5)9-10-20-15/h6-8,11,15H,9-10,12H2,1-5H3. The Morgan fingerprint density at radius 2 is 1.82 bits per heavy atom. The van der Waals surface area contributed by atoms with Gasteiger partial charge in [-0.05, 0) is 45.8 Å². The lowest BCUT2D eigenvalue weighted by Gasteiger charge is -2.32. The Kier molecular flexibility index (Phi) is 4.10. The zero-order valence-corrected chi connectivity index (χ0v) is 14.3. The fourth-order valence-electron chi connectivity index (χ4n) is 2.86. The van der Waals surface area contributed by atoms with Gasteiger partial charge in [-0.15, -0.1) is 0 Å². The molecule has 0 aromatic heterocycles. The number of hydrogen-bond acceptors (Lipinski definition) is 4. The summed E-state index contributed by atoms with van der Waals surface area (Å²) in [5, 5.41) is 0. The third kappa shape index (κ3) is 2.95. The van der Waals surface area contributed by atoms with E-state index in [2.05, 4.69) is 63.9 Å². The van der Waals surface area contributed by atoms with E-state index in [9.17, 15) is 0 Å². The number of likely N-dealkylation sites (N-methyl/N-ethyl adjacent to an activating group) is 1. The SMILES string of the molecule is CN1CCOC(c2cccc(B3OC(C)(C)C(C)(C)O3)c2)C1. The van der Waals surface area contributed by atoms with Crippen molar-refractivity contribution in [3.8, 4) is 0 Å². The number of nitrogens with zero attached hydrogens (tertiary/aromatic N) is 1. The molecule has 2 saturated heterocycles. The molecule has 3 rings (SSSR count). The molecule has 4 nitrogen and oxygen atoms in total. The monoisotopic (exact) mass is 303 g/mol. The van der Waals surface area contributed by atoms with Crippen LogP contribution in [-0.4, -0.2) is 50.0 Å². The molecule has 0 amide bonds. The summed E-state index contributed by atoms with van der Waals surface area (Å²) in [4.78, 5) is 2.30. The largest absolute Gasteiger partial charge is 0.494 e. The van der Waals surface area contributed by atoms with Crippen molar-refractivity contribution in [2.75, 3.05) is 26.7 Å². The van der Waals surface area contributed by atoms with Crippen molar-refractivity contribution in [1.29, 1.82) is 0 Å². The smallest absolute Gasteiger partial charge is 0.399 e. The Hall–Kier alpha value is -0.875. The van der Waals surface area contributed by atoms with E-state index in [4.69, 9.17) is 14.0 Å². The molecule has 0 bridgehead atoms. The van der Waals surface area contributed by atoms with Crippen LogP contribution in [0.3, 0.4) is 0 Å². The summed E-state index contributed by atoms with van der Waals surface area (Å²) in [6.07, 6.45) is 0.126. The summed E-state index contributed by atoms with van der Waals surface area (Å²) in [5.74, 6) is 0. The molecule has 0 radical (unpaired) electrons. The van der Waals surface area contributed by atoms with Crippen LogP contribution in [0.25, 0.3) is 0 Å². The number of ether oxygens (including phenoxy) is 1. The maximum absolute atomic E-state index is 6.14. The molecule has 1 aromatic carbocycles. The van der Waals surface area contributed by atoms with Gasteiger partial charge in [-0.25, -0.2) is 0 Å². The van der Waals surface area contributed by atoms with Crippen LogP contribution in [0.5, 0.6) is 0 Å². The minimum atomic E-state index is -0.314. The van der Waals surface area contributed by atoms with Crippen molar-refractivity contribution in [3.63, 3.8) is 0 Å². The Bertz CT molecular complexity index is 530. The van der Waals surface area contributed by atoms with Crippen molar-refractivity contribution < 1.29 is 14.0 Å². The Morgan fingerprint density at radius 1 is 1.14 bits per heavy atom. The molecule has 0 saturated carbocycles. The van der Waals surface area contributed by atoms with Crippen molar-refractivity contribution in [1.82, 2.24) is 4.90 Å². The summed E-state index contributed by atoms with van der Waals surface area (Å²) >= 11 is 0. The first-order valence-corrected chi connectivity index (χ1v) is 8.04. The highest BCUT2D eigenvalue weighted by Crippen LogP contribution is 2.36. The molecule has 22 heavy (non-hydrogen) atoms. The quantitative estimate of drug-likeness (QED) is 0.782. The van der Waals surface area contributed by atoms with E-state index in [0.29, 0.717) is 0 Å². The molecular weight excluding hydrogens is 277 g/mol. The Balaban J connectivity index is 1.80. The number of benzene rings is 1. The third-order valence-electron chi connectivity index (χ3n) is 5.08. The van der Waals surface area contributed by atoms with Crippen LogP contribution < -0.4 is 5.46 Å². The highest BCUT2D eigenvalue weighted by atomic mass is 16.7. The second kappa shape index (κ2) is 5.64. The van der Waals surface area contributed by atoms with Gasteiger partial charge in [0.15, 0.2) is 0 Å². The summed E-state index contributed by atoms with van der Waals surface area (Å²) in [6, 6.07) is 8.41. The lowest BCUT2D eigenvalue weighted by atomic mass is 9.78. The molecule has 2 aliphatic heterocycles. The van der Waals surface area contributed by atoms with E-state index in [1.165, 1.54) is 5.56 Å². The molecule has 0 aliphatic carbocycles. The molecule has 5 heteroatoms. The lowest BCUT2D eigenvalue weighted by molar-refractivity contribution is -0.0208. The van der Waals surface area contributed by atoms with Gasteiger partial charge in [0, 0.05) is 13.1 Å². The van der Waals surface area contributed by atoms with E-state index in [-0.39, 0.29) is 24.4 Å². The van der Waals surface area contributed by atoms with Gasteiger partial charge in [0.1, 0.15) is 0 Å². The zero-order valence-electron chi connectivity index (χ0n) is 14.3. The van der Waals surface area contributed by atoms with Crippen LogP contribution in [0.2, 0.25) is 0 Å². The molecule has 2 aliphatic rings. The van der Waals surface area contributed by atoms with Gasteiger partial charge in [-0.1, -0.05) is 24.3 Å². The van der Waals surface area contributed by atoms with E-state index in [0.717, 1.165) is 25.2 Å². The molecule has 0 spiro atoms. The van der Waals surface area contributed by atoms with E-state index < -0.39 is 0 Å². The third-order valence-corrected chi connectivity index (χ3v) is 5.08. The molecule has 1 aromatic rings. The lowest BCUT2D eigenvalue weighted by Crippen LogP contribution is -2.41. The van der Waals surface area contributed by atoms with Crippen LogP contribution in [-0.2, 0) is 14.0 Å². The van der Waals surface area contributed by atoms with E-state index in [1.807, 2.05) is 0 Å². The summed E-state index contributed by atoms with van der Waals surface area (Å²) in [7, 11) is 1.82. The predicted molar refractivity (Wildman–Crippen MR) is 88.3 cm³/mol. The minimum Gasteiger partial charge on any atom is -0.399 e. The van der Waals surface area contributed by atoms with Crippen LogP contribution >= 0.6 is 0 Å². The summed E-state index contributed by atoms with van der Waals surface area (Å²) in [5.41, 5.74) is 1.64. The number of hydrogen-bond donors (Lipinski definition) is 0.